The van der Waals surface area contributed by atoms with Crippen LogP contribution in [0.2, 0.25) is 0 Å². The van der Waals surface area contributed by atoms with Gasteiger partial charge < -0.3 is 0 Å². The molecule has 0 saturated heterocycles. The van der Waals surface area contributed by atoms with Gasteiger partial charge in [0.05, 0.1) is 0 Å². The van der Waals surface area contributed by atoms with Gasteiger partial charge in [0, 0.05) is 24.4 Å². The van der Waals surface area contributed by atoms with Crippen LogP contribution >= 0.6 is 0 Å². The highest BCUT2D eigenvalue weighted by atomic mass is 16.6. The molecule has 0 spiro atoms. The van der Waals surface area contributed by atoms with Crippen LogP contribution in [0.5, 0.6) is 0 Å². The average Bonchev–Trinajstić information content (AvgIpc) is 2.52. The lowest BCUT2D eigenvalue weighted by molar-refractivity contribution is -0.534. The summed E-state index contributed by atoms with van der Waals surface area (Å²) in [6.45, 7) is 7.59. The van der Waals surface area contributed by atoms with E-state index in [1.165, 1.54) is 19.3 Å². The van der Waals surface area contributed by atoms with Crippen LogP contribution in [-0.2, 0) is 4.79 Å². The number of rotatable bonds is 16. The standard InChI is InChI=1S/C18H36N2O3/c1-4-7-10-11-12-13-14-17(21)18(20(22)23)19(15-8-5-2)16-9-6-3/h18H,4-16H2,1-3H3. The van der Waals surface area contributed by atoms with E-state index in [2.05, 4.69) is 20.8 Å². The third kappa shape index (κ3) is 10.4. The fourth-order valence-electron chi connectivity index (χ4n) is 2.74. The van der Waals surface area contributed by atoms with Crippen LogP contribution in [0.15, 0.2) is 0 Å². The summed E-state index contributed by atoms with van der Waals surface area (Å²) < 4.78 is 0. The van der Waals surface area contributed by atoms with Gasteiger partial charge in [-0.2, -0.15) is 0 Å². The predicted octanol–water partition coefficient (Wildman–Crippen LogP) is 4.81. The molecule has 0 radical (unpaired) electrons. The van der Waals surface area contributed by atoms with E-state index in [1.807, 2.05) is 0 Å². The number of nitrogens with zero attached hydrogens (tertiary/aromatic N) is 2. The highest BCUT2D eigenvalue weighted by molar-refractivity contribution is 5.82. The Morgan fingerprint density at radius 1 is 0.870 bits per heavy atom. The Labute approximate surface area is 142 Å². The van der Waals surface area contributed by atoms with E-state index < -0.39 is 6.17 Å². The first-order chi connectivity index (χ1) is 11.1. The Balaban J connectivity index is 4.45. The van der Waals surface area contributed by atoms with Crippen molar-refractivity contribution in [3.05, 3.63) is 10.1 Å². The van der Waals surface area contributed by atoms with Gasteiger partial charge in [0.15, 0.2) is 0 Å². The molecule has 0 aromatic rings. The minimum atomic E-state index is -1.14. The first kappa shape index (κ1) is 22.0. The number of Topliss-reactive ketones (excluding diaryl/α,β-unsaturated/α-hetero) is 1. The fourth-order valence-corrected chi connectivity index (χ4v) is 2.74. The van der Waals surface area contributed by atoms with Crippen LogP contribution in [0.25, 0.3) is 0 Å². The highest BCUT2D eigenvalue weighted by Gasteiger charge is 2.34. The Bertz CT molecular complexity index is 313. The minimum absolute atomic E-state index is 0.210. The van der Waals surface area contributed by atoms with Crippen molar-refractivity contribution >= 4 is 5.78 Å². The zero-order valence-electron chi connectivity index (χ0n) is 15.4. The summed E-state index contributed by atoms with van der Waals surface area (Å²) in [5.74, 6) is -0.210. The summed E-state index contributed by atoms with van der Waals surface area (Å²) in [6, 6.07) is 0. The van der Waals surface area contributed by atoms with Crippen LogP contribution in [0.1, 0.15) is 91.4 Å². The summed E-state index contributed by atoms with van der Waals surface area (Å²) in [5, 5.41) is 11.4. The minimum Gasteiger partial charge on any atom is -0.290 e. The molecule has 5 nitrogen and oxygen atoms in total. The number of hydrogen-bond acceptors (Lipinski definition) is 4. The summed E-state index contributed by atoms with van der Waals surface area (Å²) in [7, 11) is 0. The number of carbonyl (C=O) groups is 1. The van der Waals surface area contributed by atoms with Crippen LogP contribution in [0.3, 0.4) is 0 Å². The molecule has 0 aromatic heterocycles. The zero-order valence-corrected chi connectivity index (χ0v) is 15.4. The molecule has 5 heteroatoms. The maximum absolute atomic E-state index is 12.4. The average molecular weight is 328 g/mol. The Morgan fingerprint density at radius 2 is 1.35 bits per heavy atom. The fraction of sp³-hybridized carbons (Fsp3) is 0.944. The van der Waals surface area contributed by atoms with E-state index in [1.54, 1.807) is 4.90 Å². The molecule has 0 saturated carbocycles. The number of hydrogen-bond donors (Lipinski definition) is 0. The summed E-state index contributed by atoms with van der Waals surface area (Å²) >= 11 is 0. The first-order valence-corrected chi connectivity index (χ1v) is 9.48. The molecule has 0 aliphatic rings. The number of unbranched alkanes of at least 4 members (excludes halogenated alkanes) is 7. The van der Waals surface area contributed by atoms with Gasteiger partial charge in [-0.05, 0) is 19.3 Å². The van der Waals surface area contributed by atoms with Crippen molar-refractivity contribution in [3.8, 4) is 0 Å². The lowest BCUT2D eigenvalue weighted by atomic mass is 10.1. The van der Waals surface area contributed by atoms with Crippen molar-refractivity contribution in [3.63, 3.8) is 0 Å². The van der Waals surface area contributed by atoms with Crippen molar-refractivity contribution in [1.29, 1.82) is 0 Å². The molecular formula is C18H36N2O3. The second-order valence-electron chi connectivity index (χ2n) is 6.39. The molecular weight excluding hydrogens is 292 g/mol. The third-order valence-electron chi connectivity index (χ3n) is 4.21. The van der Waals surface area contributed by atoms with Gasteiger partial charge in [0.2, 0.25) is 5.78 Å². The first-order valence-electron chi connectivity index (χ1n) is 9.48. The SMILES string of the molecule is CCCCCCCCC(=O)C(N(CCCC)CCCC)[N+](=O)[O-]. The monoisotopic (exact) mass is 328 g/mol. The molecule has 1 atom stereocenters. The lowest BCUT2D eigenvalue weighted by Crippen LogP contribution is -2.47. The largest absolute Gasteiger partial charge is 0.326 e. The van der Waals surface area contributed by atoms with Gasteiger partial charge >= 0.3 is 6.17 Å². The molecule has 0 aliphatic heterocycles. The molecule has 0 bridgehead atoms. The quantitative estimate of drug-likeness (QED) is 0.176. The van der Waals surface area contributed by atoms with Gasteiger partial charge in [-0.3, -0.25) is 14.9 Å². The Morgan fingerprint density at radius 3 is 1.83 bits per heavy atom. The summed E-state index contributed by atoms with van der Waals surface area (Å²) in [4.78, 5) is 25.2. The second-order valence-corrected chi connectivity index (χ2v) is 6.39. The third-order valence-corrected chi connectivity index (χ3v) is 4.21. The molecule has 1 unspecified atom stereocenters. The topological polar surface area (TPSA) is 63.5 Å². The maximum atomic E-state index is 12.4. The van der Waals surface area contributed by atoms with E-state index in [-0.39, 0.29) is 10.7 Å². The van der Waals surface area contributed by atoms with Gasteiger partial charge in [0.25, 0.3) is 0 Å². The van der Waals surface area contributed by atoms with E-state index >= 15 is 0 Å². The van der Waals surface area contributed by atoms with Gasteiger partial charge in [-0.15, -0.1) is 0 Å². The molecule has 136 valence electrons. The van der Waals surface area contributed by atoms with Crippen molar-refractivity contribution in [1.82, 2.24) is 4.90 Å². The lowest BCUT2D eigenvalue weighted by Gasteiger charge is -2.24. The predicted molar refractivity (Wildman–Crippen MR) is 95.2 cm³/mol. The summed E-state index contributed by atoms with van der Waals surface area (Å²) in [5.41, 5.74) is 0. The molecule has 23 heavy (non-hydrogen) atoms. The smallest absolute Gasteiger partial charge is 0.290 e. The van der Waals surface area contributed by atoms with Crippen LogP contribution < -0.4 is 0 Å². The second kappa shape index (κ2) is 14.6. The normalized spacial score (nSPS) is 12.5. The van der Waals surface area contributed by atoms with Crippen molar-refractivity contribution in [2.45, 2.75) is 97.6 Å². The Hall–Kier alpha value is -0.970. The number of carbonyl (C=O) groups excluding carboxylic acids is 1. The molecule has 0 aromatic carbocycles. The molecule has 0 fully saturated rings. The van der Waals surface area contributed by atoms with Crippen LogP contribution in [0.4, 0.5) is 0 Å². The van der Waals surface area contributed by atoms with Gasteiger partial charge in [-0.1, -0.05) is 65.7 Å². The molecule has 0 rings (SSSR count). The molecule has 0 heterocycles. The number of ketones is 1. The number of nitro groups is 1. The zero-order chi connectivity index (χ0) is 17.5. The molecule has 0 aliphatic carbocycles. The van der Waals surface area contributed by atoms with E-state index in [0.717, 1.165) is 44.9 Å². The van der Waals surface area contributed by atoms with Gasteiger partial charge in [0.1, 0.15) is 0 Å². The van der Waals surface area contributed by atoms with Crippen molar-refractivity contribution in [2.24, 2.45) is 0 Å². The van der Waals surface area contributed by atoms with E-state index in [0.29, 0.717) is 19.5 Å². The molecule has 0 N–H and O–H groups in total. The maximum Gasteiger partial charge on any atom is 0.326 e. The Kier molecular flexibility index (Phi) is 14.0. The van der Waals surface area contributed by atoms with Crippen LogP contribution in [0, 0.1) is 10.1 Å². The highest BCUT2D eigenvalue weighted by Crippen LogP contribution is 2.13. The summed E-state index contributed by atoms with van der Waals surface area (Å²) in [6.07, 6.45) is 9.51. The van der Waals surface area contributed by atoms with Crippen LogP contribution in [-0.4, -0.2) is 34.9 Å². The van der Waals surface area contributed by atoms with Crippen molar-refractivity contribution < 1.29 is 9.72 Å². The van der Waals surface area contributed by atoms with Gasteiger partial charge in [-0.25, -0.2) is 4.90 Å². The van der Waals surface area contributed by atoms with Crippen molar-refractivity contribution in [2.75, 3.05) is 13.1 Å². The van der Waals surface area contributed by atoms with E-state index in [4.69, 9.17) is 0 Å². The molecule has 0 amide bonds. The van der Waals surface area contributed by atoms with E-state index in [9.17, 15) is 14.9 Å².